The van der Waals surface area contributed by atoms with Crippen molar-refractivity contribution in [2.45, 2.75) is 25.3 Å². The maximum atomic E-state index is 11.5. The van der Waals surface area contributed by atoms with Gasteiger partial charge in [-0.1, -0.05) is 6.07 Å². The molecule has 6 heteroatoms. The third-order valence-electron chi connectivity index (χ3n) is 2.88. The summed E-state index contributed by atoms with van der Waals surface area (Å²) < 4.78 is 0. The molecule has 98 valence electrons. The minimum Gasteiger partial charge on any atom is -0.374 e. The van der Waals surface area contributed by atoms with Crippen LogP contribution in [-0.2, 0) is 4.79 Å². The van der Waals surface area contributed by atoms with Gasteiger partial charge in [-0.2, -0.15) is 0 Å². The number of hydrogen-bond acceptors (Lipinski definition) is 5. The molecule has 0 aromatic heterocycles. The zero-order valence-electron chi connectivity index (χ0n) is 9.89. The minimum absolute atomic E-state index is 0.110. The number of hydrogen-bond donors (Lipinski definition) is 5. The summed E-state index contributed by atoms with van der Waals surface area (Å²) in [6.07, 6.45) is -0.760. The monoisotopic (exact) mass is 251 g/mol. The number of fused-ring (bicyclic) bond motifs is 1. The Balaban J connectivity index is 2.08. The van der Waals surface area contributed by atoms with Crippen LogP contribution in [0.2, 0.25) is 0 Å². The molecule has 1 amide bonds. The van der Waals surface area contributed by atoms with Crippen molar-refractivity contribution in [1.29, 1.82) is 0 Å². The van der Waals surface area contributed by atoms with Gasteiger partial charge in [0.1, 0.15) is 12.5 Å². The number of anilines is 1. The molecule has 0 saturated carbocycles. The van der Waals surface area contributed by atoms with Crippen LogP contribution in [0.15, 0.2) is 18.2 Å². The van der Waals surface area contributed by atoms with E-state index in [1.54, 1.807) is 18.2 Å². The second kappa shape index (κ2) is 5.45. The maximum absolute atomic E-state index is 11.5. The van der Waals surface area contributed by atoms with Gasteiger partial charge in [0.15, 0.2) is 0 Å². The highest BCUT2D eigenvalue weighted by Gasteiger charge is 2.27. The average molecular weight is 251 g/mol. The van der Waals surface area contributed by atoms with Gasteiger partial charge in [0.2, 0.25) is 5.91 Å². The van der Waals surface area contributed by atoms with Gasteiger partial charge in [-0.25, -0.2) is 0 Å². The lowest BCUT2D eigenvalue weighted by Crippen LogP contribution is -2.16. The van der Waals surface area contributed by atoms with E-state index in [2.05, 4.69) is 10.6 Å². The van der Waals surface area contributed by atoms with Gasteiger partial charge in [0.25, 0.3) is 0 Å². The smallest absolute Gasteiger partial charge is 0.224 e. The Bertz CT molecular complexity index is 450. The lowest BCUT2D eigenvalue weighted by atomic mass is 10.1. The molecule has 18 heavy (non-hydrogen) atoms. The van der Waals surface area contributed by atoms with E-state index in [9.17, 15) is 15.0 Å². The van der Waals surface area contributed by atoms with E-state index in [1.165, 1.54) is 0 Å². The topological polar surface area (TPSA) is 108 Å². The lowest BCUT2D eigenvalue weighted by molar-refractivity contribution is -0.116. The van der Waals surface area contributed by atoms with E-state index in [0.29, 0.717) is 36.2 Å². The molecule has 1 heterocycles. The highest BCUT2D eigenvalue weighted by atomic mass is 16.3. The molecule has 1 aromatic rings. The fourth-order valence-corrected chi connectivity index (χ4v) is 1.95. The molecular formula is C12H17N3O3. The molecule has 0 saturated heterocycles. The number of rotatable bonds is 4. The van der Waals surface area contributed by atoms with E-state index in [4.69, 9.17) is 5.73 Å². The number of nitrogens with two attached hydrogens (primary N) is 1. The van der Waals surface area contributed by atoms with Crippen LogP contribution in [0.1, 0.15) is 36.4 Å². The molecule has 0 fully saturated rings. The first kappa shape index (κ1) is 13.0. The molecule has 1 aromatic carbocycles. The van der Waals surface area contributed by atoms with E-state index in [1.807, 2.05) is 0 Å². The SMILES string of the molecule is NCCCC(=O)Nc1ccc2c(c1)C(O)NC2O. The third-order valence-corrected chi connectivity index (χ3v) is 2.88. The van der Waals surface area contributed by atoms with Crippen molar-refractivity contribution in [2.24, 2.45) is 5.73 Å². The molecule has 1 aliphatic rings. The zero-order chi connectivity index (χ0) is 13.1. The maximum Gasteiger partial charge on any atom is 0.224 e. The second-order valence-electron chi connectivity index (χ2n) is 4.26. The summed E-state index contributed by atoms with van der Waals surface area (Å²) in [7, 11) is 0. The number of carbonyl (C=O) groups excluding carboxylic acids is 1. The third kappa shape index (κ3) is 2.68. The van der Waals surface area contributed by atoms with Gasteiger partial charge in [-0.05, 0) is 25.1 Å². The predicted octanol–water partition coefficient (Wildman–Crippen LogP) is -0.0510. The van der Waals surface area contributed by atoms with Crippen molar-refractivity contribution in [3.63, 3.8) is 0 Å². The molecule has 0 bridgehead atoms. The van der Waals surface area contributed by atoms with Crippen LogP contribution in [0.3, 0.4) is 0 Å². The summed E-state index contributed by atoms with van der Waals surface area (Å²) in [4.78, 5) is 11.5. The summed E-state index contributed by atoms with van der Waals surface area (Å²) in [5, 5.41) is 24.5. The number of amides is 1. The molecule has 6 nitrogen and oxygen atoms in total. The van der Waals surface area contributed by atoms with E-state index < -0.39 is 12.5 Å². The Morgan fingerprint density at radius 2 is 2.06 bits per heavy atom. The van der Waals surface area contributed by atoms with Crippen LogP contribution in [0.25, 0.3) is 0 Å². The van der Waals surface area contributed by atoms with Gasteiger partial charge >= 0.3 is 0 Å². The Morgan fingerprint density at radius 1 is 1.33 bits per heavy atom. The minimum atomic E-state index is -0.907. The summed E-state index contributed by atoms with van der Waals surface area (Å²) in [5.41, 5.74) is 7.14. The Kier molecular flexibility index (Phi) is 3.93. The van der Waals surface area contributed by atoms with E-state index in [0.717, 1.165) is 0 Å². The Labute approximate surface area is 105 Å². The second-order valence-corrected chi connectivity index (χ2v) is 4.26. The number of aliphatic hydroxyl groups is 2. The molecule has 2 unspecified atom stereocenters. The number of benzene rings is 1. The van der Waals surface area contributed by atoms with Crippen LogP contribution in [0.4, 0.5) is 5.69 Å². The highest BCUT2D eigenvalue weighted by Crippen LogP contribution is 2.31. The van der Waals surface area contributed by atoms with Gasteiger partial charge < -0.3 is 21.3 Å². The van der Waals surface area contributed by atoms with Crippen LogP contribution >= 0.6 is 0 Å². The molecule has 2 rings (SSSR count). The molecule has 6 N–H and O–H groups in total. The van der Waals surface area contributed by atoms with Gasteiger partial charge in [-0.15, -0.1) is 0 Å². The number of nitrogens with one attached hydrogen (secondary N) is 2. The molecule has 2 atom stereocenters. The Hall–Kier alpha value is -1.47. The normalized spacial score (nSPS) is 21.7. The first-order chi connectivity index (χ1) is 8.61. The highest BCUT2D eigenvalue weighted by molar-refractivity contribution is 5.90. The largest absolute Gasteiger partial charge is 0.374 e. The van der Waals surface area contributed by atoms with Crippen LogP contribution in [0, 0.1) is 0 Å². The van der Waals surface area contributed by atoms with Crippen molar-refractivity contribution < 1.29 is 15.0 Å². The first-order valence-corrected chi connectivity index (χ1v) is 5.88. The average Bonchev–Trinajstić information content (AvgIpc) is 2.62. The number of aliphatic hydroxyl groups excluding tert-OH is 2. The van der Waals surface area contributed by atoms with Crippen LogP contribution in [-0.4, -0.2) is 22.7 Å². The lowest BCUT2D eigenvalue weighted by Gasteiger charge is -2.08. The van der Waals surface area contributed by atoms with E-state index >= 15 is 0 Å². The van der Waals surface area contributed by atoms with Crippen LogP contribution in [0.5, 0.6) is 0 Å². The van der Waals surface area contributed by atoms with Gasteiger partial charge in [0, 0.05) is 23.2 Å². The number of carbonyl (C=O) groups is 1. The van der Waals surface area contributed by atoms with Crippen molar-refractivity contribution in [2.75, 3.05) is 11.9 Å². The summed E-state index contributed by atoms with van der Waals surface area (Å²) in [5.74, 6) is -0.110. The first-order valence-electron chi connectivity index (χ1n) is 5.88. The fourth-order valence-electron chi connectivity index (χ4n) is 1.95. The molecule has 0 aliphatic carbocycles. The summed E-state index contributed by atoms with van der Waals surface area (Å²) in [6.45, 7) is 0.479. The predicted molar refractivity (Wildman–Crippen MR) is 66.4 cm³/mol. The van der Waals surface area contributed by atoms with Crippen molar-refractivity contribution in [3.8, 4) is 0 Å². The standard InChI is InChI=1S/C12H17N3O3/c13-5-1-2-10(16)14-7-3-4-8-9(6-7)12(18)15-11(8)17/h3-4,6,11-12,15,17-18H,1-2,5,13H2,(H,14,16). The Morgan fingerprint density at radius 3 is 2.78 bits per heavy atom. The van der Waals surface area contributed by atoms with Gasteiger partial charge in [-0.3, -0.25) is 10.1 Å². The van der Waals surface area contributed by atoms with Crippen molar-refractivity contribution in [1.82, 2.24) is 5.32 Å². The molecular weight excluding hydrogens is 234 g/mol. The van der Waals surface area contributed by atoms with Gasteiger partial charge in [0.05, 0.1) is 0 Å². The molecule has 0 spiro atoms. The van der Waals surface area contributed by atoms with Crippen molar-refractivity contribution >= 4 is 11.6 Å². The summed E-state index contributed by atoms with van der Waals surface area (Å²) in [6, 6.07) is 5.04. The van der Waals surface area contributed by atoms with Crippen molar-refractivity contribution in [3.05, 3.63) is 29.3 Å². The molecule has 1 aliphatic heterocycles. The quantitative estimate of drug-likeness (QED) is 0.515. The zero-order valence-corrected chi connectivity index (χ0v) is 9.89. The van der Waals surface area contributed by atoms with E-state index in [-0.39, 0.29) is 5.91 Å². The fraction of sp³-hybridized carbons (Fsp3) is 0.417. The summed E-state index contributed by atoms with van der Waals surface area (Å²) >= 11 is 0. The molecule has 0 radical (unpaired) electrons. The van der Waals surface area contributed by atoms with Crippen LogP contribution < -0.4 is 16.4 Å².